The molecule has 0 aliphatic heterocycles. The summed E-state index contributed by atoms with van der Waals surface area (Å²) in [5.41, 5.74) is 7.14. The maximum Gasteiger partial charge on any atom is 0.0926 e. The van der Waals surface area contributed by atoms with Gasteiger partial charge in [0.15, 0.2) is 0 Å². The summed E-state index contributed by atoms with van der Waals surface area (Å²) in [6, 6.07) is 20.4. The Morgan fingerprint density at radius 3 is 2.14 bits per heavy atom. The molecule has 0 aliphatic rings. The first kappa shape index (κ1) is 18.7. The predicted octanol–water partition coefficient (Wildman–Crippen LogP) is 4.46. The summed E-state index contributed by atoms with van der Waals surface area (Å²) in [5.74, 6) is 0. The van der Waals surface area contributed by atoms with Gasteiger partial charge in [-0.3, -0.25) is 9.36 Å². The van der Waals surface area contributed by atoms with Crippen LogP contribution in [0.4, 0.5) is 0 Å². The Labute approximate surface area is 172 Å². The minimum absolute atomic E-state index is 0.0354. The molecule has 0 radical (unpaired) electrons. The number of hydrogen-bond donors (Lipinski definition) is 1. The fourth-order valence-electron chi connectivity index (χ4n) is 3.20. The van der Waals surface area contributed by atoms with Crippen molar-refractivity contribution < 1.29 is 5.11 Å². The Morgan fingerprint density at radius 2 is 1.54 bits per heavy atom. The van der Waals surface area contributed by atoms with Crippen LogP contribution in [0.15, 0.2) is 66.9 Å². The van der Waals surface area contributed by atoms with Gasteiger partial charge in [0.1, 0.15) is 0 Å². The van der Waals surface area contributed by atoms with Crippen LogP contribution in [-0.4, -0.2) is 24.7 Å². The van der Waals surface area contributed by atoms with Crippen LogP contribution in [-0.2, 0) is 20.7 Å². The number of halogens is 1. The van der Waals surface area contributed by atoms with Gasteiger partial charge < -0.3 is 5.11 Å². The summed E-state index contributed by atoms with van der Waals surface area (Å²) in [4.78, 5) is 0.0354. The summed E-state index contributed by atoms with van der Waals surface area (Å²) in [7, 11) is 3.88. The van der Waals surface area contributed by atoms with Gasteiger partial charge in [-0.25, -0.2) is 0 Å². The van der Waals surface area contributed by atoms with Crippen LogP contribution in [0.25, 0.3) is 22.5 Å². The smallest absolute Gasteiger partial charge is 0.0926 e. The minimum atomic E-state index is 0.0354. The Bertz CT molecular complexity index is 1080. The van der Waals surface area contributed by atoms with Crippen molar-refractivity contribution in [2.75, 3.05) is 0 Å². The van der Waals surface area contributed by atoms with Crippen molar-refractivity contribution in [2.45, 2.75) is 11.4 Å². The topological polar surface area (TPSA) is 55.9 Å². The molecule has 1 N–H and O–H groups in total. The van der Waals surface area contributed by atoms with Gasteiger partial charge in [0.2, 0.25) is 0 Å². The lowest BCUT2D eigenvalue weighted by Gasteiger charge is -2.11. The molecule has 0 aliphatic carbocycles. The molecule has 1 unspecified atom stereocenters. The van der Waals surface area contributed by atoms with Crippen molar-refractivity contribution in [3.8, 4) is 22.5 Å². The Balaban J connectivity index is 1.59. The number of benzene rings is 2. The third-order valence-corrected chi connectivity index (χ3v) is 5.82. The van der Waals surface area contributed by atoms with Crippen LogP contribution in [0.2, 0.25) is 0 Å². The Hall–Kier alpha value is -2.70. The molecule has 28 heavy (non-hydrogen) atoms. The lowest BCUT2D eigenvalue weighted by molar-refractivity contribution is 0.282. The van der Waals surface area contributed by atoms with E-state index in [1.165, 1.54) is 0 Å². The van der Waals surface area contributed by atoms with Crippen molar-refractivity contribution in [1.82, 2.24) is 19.6 Å². The molecule has 0 bridgehead atoms. The van der Waals surface area contributed by atoms with Gasteiger partial charge >= 0.3 is 0 Å². The van der Waals surface area contributed by atoms with Gasteiger partial charge in [-0.2, -0.15) is 10.2 Å². The Morgan fingerprint density at radius 1 is 0.893 bits per heavy atom. The van der Waals surface area contributed by atoms with Crippen molar-refractivity contribution in [2.24, 2.45) is 14.1 Å². The molecule has 2 heterocycles. The highest BCUT2D eigenvalue weighted by molar-refractivity contribution is 9.09. The average molecular weight is 437 g/mol. The van der Waals surface area contributed by atoms with E-state index in [1.807, 2.05) is 55.3 Å². The predicted molar refractivity (Wildman–Crippen MR) is 114 cm³/mol. The number of rotatable bonds is 5. The van der Waals surface area contributed by atoms with E-state index in [-0.39, 0.29) is 11.4 Å². The molecule has 0 saturated carbocycles. The van der Waals surface area contributed by atoms with Gasteiger partial charge in [-0.1, -0.05) is 64.5 Å². The number of hydrogen-bond acceptors (Lipinski definition) is 3. The molecule has 0 fully saturated rings. The minimum Gasteiger partial charge on any atom is -0.392 e. The number of aryl methyl sites for hydroxylation is 2. The molecule has 5 nitrogen and oxygen atoms in total. The first-order chi connectivity index (χ1) is 13.5. The summed E-state index contributed by atoms with van der Waals surface area (Å²) in [6.45, 7) is 0.0473. The van der Waals surface area contributed by atoms with Crippen molar-refractivity contribution in [3.05, 3.63) is 83.7 Å². The quantitative estimate of drug-likeness (QED) is 0.469. The first-order valence-electron chi connectivity index (χ1n) is 9.03. The maximum absolute atomic E-state index is 9.21. The SMILES string of the molecule is Cn1ccc(-c2ccc(C(Br)c3cc(-c4ccc(CO)cc4)nn3C)cc2)n1. The maximum atomic E-state index is 9.21. The molecule has 0 saturated heterocycles. The van der Waals surface area contributed by atoms with Gasteiger partial charge in [-0.15, -0.1) is 0 Å². The summed E-state index contributed by atoms with van der Waals surface area (Å²) in [5, 5.41) is 18.3. The number of aliphatic hydroxyl groups excluding tert-OH is 1. The van der Waals surface area contributed by atoms with Gasteiger partial charge in [0.05, 0.1) is 28.5 Å². The summed E-state index contributed by atoms with van der Waals surface area (Å²) in [6.07, 6.45) is 1.95. The second-order valence-corrected chi connectivity index (χ2v) is 7.71. The molecule has 4 aromatic rings. The van der Waals surface area contributed by atoms with Crippen LogP contribution in [0.5, 0.6) is 0 Å². The second kappa shape index (κ2) is 7.73. The zero-order valence-corrected chi connectivity index (χ0v) is 17.3. The fourth-order valence-corrected chi connectivity index (χ4v) is 3.94. The van der Waals surface area contributed by atoms with Crippen molar-refractivity contribution in [1.29, 1.82) is 0 Å². The largest absolute Gasteiger partial charge is 0.392 e. The zero-order valence-electron chi connectivity index (χ0n) is 15.7. The van der Waals surface area contributed by atoms with Gasteiger partial charge in [-0.05, 0) is 23.3 Å². The molecule has 2 aromatic heterocycles. The molecule has 1 atom stereocenters. The molecule has 142 valence electrons. The average Bonchev–Trinajstić information content (AvgIpc) is 3.33. The number of alkyl halides is 1. The van der Waals surface area contributed by atoms with Crippen LogP contribution in [0.3, 0.4) is 0 Å². The third-order valence-electron chi connectivity index (χ3n) is 4.82. The number of aliphatic hydroxyl groups is 1. The summed E-state index contributed by atoms with van der Waals surface area (Å²) >= 11 is 3.82. The van der Waals surface area contributed by atoms with E-state index in [2.05, 4.69) is 56.5 Å². The van der Waals surface area contributed by atoms with E-state index in [0.29, 0.717) is 0 Å². The second-order valence-electron chi connectivity index (χ2n) is 6.79. The highest BCUT2D eigenvalue weighted by atomic mass is 79.9. The summed E-state index contributed by atoms with van der Waals surface area (Å²) < 4.78 is 3.71. The van der Waals surface area contributed by atoms with Crippen LogP contribution in [0.1, 0.15) is 21.6 Å². The lowest BCUT2D eigenvalue weighted by Crippen LogP contribution is -2.02. The van der Waals surface area contributed by atoms with E-state index in [9.17, 15) is 5.11 Å². The van der Waals surface area contributed by atoms with Gasteiger partial charge in [0, 0.05) is 31.4 Å². The zero-order chi connectivity index (χ0) is 19.7. The fraction of sp³-hybridized carbons (Fsp3) is 0.182. The van der Waals surface area contributed by atoms with Crippen LogP contribution >= 0.6 is 15.9 Å². The molecule has 6 heteroatoms. The van der Waals surface area contributed by atoms with E-state index in [1.54, 1.807) is 4.68 Å². The van der Waals surface area contributed by atoms with Crippen molar-refractivity contribution in [3.63, 3.8) is 0 Å². The van der Waals surface area contributed by atoms with Crippen LogP contribution in [0, 0.1) is 0 Å². The normalized spacial score (nSPS) is 12.3. The monoisotopic (exact) mass is 436 g/mol. The van der Waals surface area contributed by atoms with Crippen molar-refractivity contribution >= 4 is 15.9 Å². The van der Waals surface area contributed by atoms with Crippen LogP contribution < -0.4 is 0 Å². The molecule has 4 rings (SSSR count). The molecule has 0 spiro atoms. The highest BCUT2D eigenvalue weighted by Gasteiger charge is 2.17. The lowest BCUT2D eigenvalue weighted by atomic mass is 10.0. The standard InChI is InChI=1S/C22H21BrN4O/c1-26-12-11-19(24-26)16-7-9-18(10-8-16)22(23)21-13-20(25-27(21)2)17-5-3-15(14-28)4-6-17/h3-13,22,28H,14H2,1-2H3. The highest BCUT2D eigenvalue weighted by Crippen LogP contribution is 2.33. The first-order valence-corrected chi connectivity index (χ1v) is 9.95. The van der Waals surface area contributed by atoms with E-state index in [0.717, 1.165) is 39.3 Å². The van der Waals surface area contributed by atoms with E-state index in [4.69, 9.17) is 0 Å². The molecule has 2 aromatic carbocycles. The number of aromatic nitrogens is 4. The molecular weight excluding hydrogens is 416 g/mol. The van der Waals surface area contributed by atoms with E-state index >= 15 is 0 Å². The Kier molecular flexibility index (Phi) is 5.15. The third kappa shape index (κ3) is 3.66. The molecule has 0 amide bonds. The number of nitrogens with zero attached hydrogens (tertiary/aromatic N) is 4. The van der Waals surface area contributed by atoms with Gasteiger partial charge in [0.25, 0.3) is 0 Å². The molecular formula is C22H21BrN4O. The van der Waals surface area contributed by atoms with E-state index < -0.39 is 0 Å².